The van der Waals surface area contributed by atoms with Crippen molar-refractivity contribution in [1.29, 1.82) is 0 Å². The number of carbonyl (C=O) groups excluding carboxylic acids is 2. The molecule has 8 atom stereocenters. The first-order chi connectivity index (χ1) is 14.1. The van der Waals surface area contributed by atoms with E-state index in [1.54, 1.807) is 0 Å². The monoisotopic (exact) mass is 418 g/mol. The summed E-state index contributed by atoms with van der Waals surface area (Å²) in [6, 6.07) is 0. The van der Waals surface area contributed by atoms with Gasteiger partial charge in [-0.1, -0.05) is 53.2 Å². The molecule has 4 rings (SSSR count). The molecule has 0 radical (unpaired) electrons. The molecule has 1 spiro atoms. The smallest absolute Gasteiger partial charge is 0.323 e. The van der Waals surface area contributed by atoms with Gasteiger partial charge in [-0.2, -0.15) is 0 Å². The predicted molar refractivity (Wildman–Crippen MR) is 113 cm³/mol. The van der Waals surface area contributed by atoms with Crippen LogP contribution in [0.15, 0.2) is 12.2 Å². The first-order valence-corrected chi connectivity index (χ1v) is 11.8. The molecular formula is C25H38O5. The van der Waals surface area contributed by atoms with Crippen molar-refractivity contribution in [3.05, 3.63) is 12.2 Å². The average Bonchev–Trinajstić information content (AvgIpc) is 2.97. The first-order valence-electron chi connectivity index (χ1n) is 11.8. The third-order valence-corrected chi connectivity index (χ3v) is 8.66. The summed E-state index contributed by atoms with van der Waals surface area (Å²) < 4.78 is 12.5. The van der Waals surface area contributed by atoms with Gasteiger partial charge in [0, 0.05) is 24.9 Å². The molecule has 0 unspecified atom stereocenters. The van der Waals surface area contributed by atoms with E-state index >= 15 is 0 Å². The Morgan fingerprint density at radius 3 is 2.63 bits per heavy atom. The topological polar surface area (TPSA) is 72.8 Å². The van der Waals surface area contributed by atoms with E-state index in [0.717, 1.165) is 19.3 Å². The van der Waals surface area contributed by atoms with Crippen LogP contribution in [-0.4, -0.2) is 35.9 Å². The summed E-state index contributed by atoms with van der Waals surface area (Å²) in [4.78, 5) is 26.8. The van der Waals surface area contributed by atoms with Crippen LogP contribution in [0.4, 0.5) is 0 Å². The van der Waals surface area contributed by atoms with Gasteiger partial charge in [0.1, 0.15) is 5.41 Å². The van der Waals surface area contributed by atoms with Crippen molar-refractivity contribution in [2.24, 2.45) is 46.3 Å². The average molecular weight is 419 g/mol. The predicted octanol–water partition coefficient (Wildman–Crippen LogP) is 4.13. The van der Waals surface area contributed by atoms with E-state index < -0.39 is 23.6 Å². The fraction of sp³-hybridized carbons (Fsp3) is 0.840. The van der Waals surface area contributed by atoms with Crippen LogP contribution in [-0.2, 0) is 19.1 Å². The number of carbonyl (C=O) groups is 2. The third kappa shape index (κ3) is 3.19. The van der Waals surface area contributed by atoms with E-state index in [-0.39, 0.29) is 35.7 Å². The Hall–Kier alpha value is -1.20. The van der Waals surface area contributed by atoms with Crippen LogP contribution in [0.3, 0.4) is 0 Å². The highest BCUT2D eigenvalue weighted by Gasteiger charge is 2.71. The highest BCUT2D eigenvalue weighted by atomic mass is 16.7. The molecule has 3 aliphatic carbocycles. The van der Waals surface area contributed by atoms with E-state index in [2.05, 4.69) is 34.6 Å². The summed E-state index contributed by atoms with van der Waals surface area (Å²) in [6.07, 6.45) is 7.62. The molecule has 1 heterocycles. The maximum Gasteiger partial charge on any atom is 0.323 e. The summed E-state index contributed by atoms with van der Waals surface area (Å²) in [7, 11) is 0. The van der Waals surface area contributed by atoms with Crippen molar-refractivity contribution in [1.82, 2.24) is 0 Å². The Morgan fingerprint density at radius 1 is 1.23 bits per heavy atom. The molecule has 2 saturated carbocycles. The van der Waals surface area contributed by atoms with Crippen molar-refractivity contribution in [3.8, 4) is 0 Å². The van der Waals surface area contributed by atoms with Crippen LogP contribution >= 0.6 is 0 Å². The zero-order valence-corrected chi connectivity index (χ0v) is 19.1. The van der Waals surface area contributed by atoms with Gasteiger partial charge in [-0.05, 0) is 42.4 Å². The van der Waals surface area contributed by atoms with E-state index in [4.69, 9.17) is 9.47 Å². The second-order valence-corrected chi connectivity index (χ2v) is 11.3. The van der Waals surface area contributed by atoms with Gasteiger partial charge >= 0.3 is 5.97 Å². The van der Waals surface area contributed by atoms with Crippen LogP contribution in [0.5, 0.6) is 0 Å². The second-order valence-electron chi connectivity index (χ2n) is 11.3. The molecule has 1 saturated heterocycles. The molecule has 0 bridgehead atoms. The number of ether oxygens (including phenoxy) is 2. The number of allylic oxidation sites excluding steroid dienone is 1. The number of aliphatic hydroxyl groups excluding tert-OH is 1. The molecular weight excluding hydrogens is 380 g/mol. The van der Waals surface area contributed by atoms with Crippen molar-refractivity contribution >= 4 is 11.8 Å². The fourth-order valence-electron chi connectivity index (χ4n) is 6.90. The molecule has 1 N–H and O–H groups in total. The minimum atomic E-state index is -1.22. The van der Waals surface area contributed by atoms with Crippen LogP contribution in [0, 0.1) is 46.3 Å². The molecule has 1 aliphatic heterocycles. The highest BCUT2D eigenvalue weighted by molar-refractivity contribution is 6.07. The van der Waals surface area contributed by atoms with Gasteiger partial charge in [-0.15, -0.1) is 0 Å². The zero-order valence-electron chi connectivity index (χ0n) is 19.1. The number of hydrogen-bond acceptors (Lipinski definition) is 5. The number of cyclic esters (lactones) is 1. The van der Waals surface area contributed by atoms with Crippen LogP contribution < -0.4 is 0 Å². The van der Waals surface area contributed by atoms with Gasteiger partial charge in [-0.25, -0.2) is 0 Å². The zero-order chi connectivity index (χ0) is 21.8. The van der Waals surface area contributed by atoms with Gasteiger partial charge in [0.25, 0.3) is 0 Å². The minimum Gasteiger partial charge on any atom is -0.435 e. The molecule has 0 amide bonds. The van der Waals surface area contributed by atoms with E-state index in [0.29, 0.717) is 24.2 Å². The lowest BCUT2D eigenvalue weighted by molar-refractivity contribution is -0.201. The largest absolute Gasteiger partial charge is 0.435 e. The molecule has 5 nitrogen and oxygen atoms in total. The van der Waals surface area contributed by atoms with Crippen molar-refractivity contribution < 1.29 is 24.2 Å². The van der Waals surface area contributed by atoms with E-state index in [9.17, 15) is 14.7 Å². The van der Waals surface area contributed by atoms with Crippen molar-refractivity contribution in [2.45, 2.75) is 79.1 Å². The number of ketones is 1. The number of Topliss-reactive ketones (excluding diaryl/α,β-unsaturated/α-hetero) is 1. The SMILES string of the molecule is CC(C)[C@H]1CC[C@H](C)C[C@@H]1O[C@H]1OC(=O)[C@]23C(=O)CCC(C)(C)[C@@H]2C=C[C@H](CO)[C@H]13. The molecule has 168 valence electrons. The van der Waals surface area contributed by atoms with Crippen molar-refractivity contribution in [2.75, 3.05) is 6.61 Å². The third-order valence-electron chi connectivity index (χ3n) is 8.66. The highest BCUT2D eigenvalue weighted by Crippen LogP contribution is 2.62. The lowest BCUT2D eigenvalue weighted by atomic mass is 9.48. The van der Waals surface area contributed by atoms with Gasteiger partial charge in [0.2, 0.25) is 6.29 Å². The normalized spacial score (nSPS) is 45.2. The Labute approximate surface area is 180 Å². The molecule has 0 aromatic carbocycles. The maximum absolute atomic E-state index is 13.4. The van der Waals surface area contributed by atoms with Crippen LogP contribution in [0.25, 0.3) is 0 Å². The van der Waals surface area contributed by atoms with E-state index in [1.807, 2.05) is 12.2 Å². The Kier molecular flexibility index (Phi) is 5.68. The summed E-state index contributed by atoms with van der Waals surface area (Å²) in [5.74, 6) is 0.0107. The molecule has 4 aliphatic rings. The Morgan fingerprint density at radius 2 is 1.97 bits per heavy atom. The van der Waals surface area contributed by atoms with E-state index in [1.165, 1.54) is 6.42 Å². The number of aliphatic hydroxyl groups is 1. The van der Waals surface area contributed by atoms with Gasteiger partial charge in [0.15, 0.2) is 5.78 Å². The Balaban J connectivity index is 1.71. The molecule has 0 aromatic heterocycles. The summed E-state index contributed by atoms with van der Waals surface area (Å²) in [6.45, 7) is 10.8. The molecule has 3 fully saturated rings. The van der Waals surface area contributed by atoms with Crippen LogP contribution in [0.1, 0.15) is 66.7 Å². The first kappa shape index (κ1) is 22.0. The molecule has 0 aromatic rings. The summed E-state index contributed by atoms with van der Waals surface area (Å²) in [5.41, 5.74) is -1.40. The fourth-order valence-corrected chi connectivity index (χ4v) is 6.90. The maximum atomic E-state index is 13.4. The van der Waals surface area contributed by atoms with Gasteiger partial charge < -0.3 is 14.6 Å². The van der Waals surface area contributed by atoms with Crippen LogP contribution in [0.2, 0.25) is 0 Å². The second kappa shape index (κ2) is 7.74. The standard InChI is InChI=1S/C25H38O5/c1-14(2)17-8-6-15(3)12-18(17)29-22-21-16(13-26)7-9-19-24(4,5)11-10-20(27)25(19,21)23(28)30-22/h7,9,14-19,21-22,26H,6,8,10-13H2,1-5H3/t15-,16+,17+,18-,19-,21+,22-,25-/m0/s1. The Bertz CT molecular complexity index is 725. The summed E-state index contributed by atoms with van der Waals surface area (Å²) in [5, 5.41) is 10.1. The molecule has 30 heavy (non-hydrogen) atoms. The number of hydrogen-bond donors (Lipinski definition) is 1. The lowest BCUT2D eigenvalue weighted by Gasteiger charge is -2.52. The number of esters is 1. The van der Waals surface area contributed by atoms with Gasteiger partial charge in [0.05, 0.1) is 12.0 Å². The molecule has 5 heteroatoms. The van der Waals surface area contributed by atoms with Crippen molar-refractivity contribution in [3.63, 3.8) is 0 Å². The lowest BCUT2D eigenvalue weighted by Crippen LogP contribution is -2.59. The quantitative estimate of drug-likeness (QED) is 0.422. The minimum absolute atomic E-state index is 0.0112. The van der Waals surface area contributed by atoms with Gasteiger partial charge in [-0.3, -0.25) is 9.59 Å². The number of rotatable bonds is 4. The summed E-state index contributed by atoms with van der Waals surface area (Å²) >= 11 is 0.